The highest BCUT2D eigenvalue weighted by molar-refractivity contribution is 5.90. The standard InChI is InChI=1S/C11H15N5O2/c1-9-3-4-15(14-9)7-11(17)13-10-5-12-16(6-10)8-18-2/h3-6H,7-8H2,1-2H3,(H,13,17). The normalized spacial score (nSPS) is 10.6. The van der Waals surface area contributed by atoms with Crippen LogP contribution < -0.4 is 5.32 Å². The minimum atomic E-state index is -0.143. The summed E-state index contributed by atoms with van der Waals surface area (Å²) >= 11 is 0. The lowest BCUT2D eigenvalue weighted by Crippen LogP contribution is -2.18. The number of hydrogen-bond donors (Lipinski definition) is 1. The van der Waals surface area contributed by atoms with E-state index in [0.717, 1.165) is 5.69 Å². The van der Waals surface area contributed by atoms with E-state index in [0.29, 0.717) is 12.4 Å². The summed E-state index contributed by atoms with van der Waals surface area (Å²) in [5.41, 5.74) is 1.52. The van der Waals surface area contributed by atoms with E-state index in [2.05, 4.69) is 15.5 Å². The Morgan fingerprint density at radius 2 is 2.33 bits per heavy atom. The van der Waals surface area contributed by atoms with Crippen molar-refractivity contribution in [2.75, 3.05) is 12.4 Å². The maximum absolute atomic E-state index is 11.7. The molecule has 0 fully saturated rings. The van der Waals surface area contributed by atoms with E-state index in [1.165, 1.54) is 0 Å². The molecule has 0 aliphatic carbocycles. The topological polar surface area (TPSA) is 74.0 Å². The van der Waals surface area contributed by atoms with Crippen LogP contribution in [0.15, 0.2) is 24.7 Å². The molecule has 0 radical (unpaired) electrons. The summed E-state index contributed by atoms with van der Waals surface area (Å²) in [7, 11) is 1.58. The fraction of sp³-hybridized carbons (Fsp3) is 0.364. The molecule has 0 bridgehead atoms. The maximum Gasteiger partial charge on any atom is 0.246 e. The second-order valence-electron chi connectivity index (χ2n) is 3.89. The number of amides is 1. The van der Waals surface area contributed by atoms with Crippen LogP contribution in [-0.4, -0.2) is 32.6 Å². The van der Waals surface area contributed by atoms with Crippen molar-refractivity contribution in [2.24, 2.45) is 0 Å². The van der Waals surface area contributed by atoms with Crippen LogP contribution in [0.25, 0.3) is 0 Å². The highest BCUT2D eigenvalue weighted by Gasteiger charge is 2.06. The minimum absolute atomic E-state index is 0.143. The molecule has 7 nitrogen and oxygen atoms in total. The third-order valence-electron chi connectivity index (χ3n) is 2.26. The van der Waals surface area contributed by atoms with E-state index in [4.69, 9.17) is 4.74 Å². The van der Waals surface area contributed by atoms with E-state index in [1.807, 2.05) is 13.0 Å². The average molecular weight is 249 g/mol. The number of rotatable bonds is 5. The largest absolute Gasteiger partial charge is 0.362 e. The van der Waals surface area contributed by atoms with Crippen molar-refractivity contribution >= 4 is 11.6 Å². The zero-order chi connectivity index (χ0) is 13.0. The number of ether oxygens (including phenoxy) is 1. The van der Waals surface area contributed by atoms with Crippen LogP contribution >= 0.6 is 0 Å². The first-order valence-corrected chi connectivity index (χ1v) is 5.48. The first kappa shape index (κ1) is 12.3. The lowest BCUT2D eigenvalue weighted by molar-refractivity contribution is -0.116. The summed E-state index contributed by atoms with van der Waals surface area (Å²) in [6.45, 7) is 2.42. The summed E-state index contributed by atoms with van der Waals surface area (Å²) in [4.78, 5) is 11.7. The van der Waals surface area contributed by atoms with Crippen molar-refractivity contribution in [2.45, 2.75) is 20.2 Å². The molecule has 18 heavy (non-hydrogen) atoms. The molecule has 0 unspecified atom stereocenters. The molecule has 96 valence electrons. The Hall–Kier alpha value is -2.15. The van der Waals surface area contributed by atoms with E-state index < -0.39 is 0 Å². The molecule has 2 aromatic heterocycles. The predicted octanol–water partition coefficient (Wildman–Crippen LogP) is 0.631. The molecule has 2 aromatic rings. The third-order valence-corrected chi connectivity index (χ3v) is 2.26. The fourth-order valence-electron chi connectivity index (χ4n) is 1.53. The molecule has 0 saturated heterocycles. The van der Waals surface area contributed by atoms with Crippen molar-refractivity contribution in [3.05, 3.63) is 30.4 Å². The molecular formula is C11H15N5O2. The number of hydrogen-bond acceptors (Lipinski definition) is 4. The Balaban J connectivity index is 1.90. The summed E-state index contributed by atoms with van der Waals surface area (Å²) in [5, 5.41) is 10.9. The van der Waals surface area contributed by atoms with E-state index in [9.17, 15) is 4.79 Å². The first-order chi connectivity index (χ1) is 8.67. The summed E-state index contributed by atoms with van der Waals surface area (Å²) in [6.07, 6.45) is 5.05. The summed E-state index contributed by atoms with van der Waals surface area (Å²) in [5.74, 6) is -0.143. The SMILES string of the molecule is COCn1cc(NC(=O)Cn2ccc(C)n2)cn1. The van der Waals surface area contributed by atoms with Gasteiger partial charge in [-0.1, -0.05) is 0 Å². The molecule has 2 rings (SSSR count). The molecule has 0 aliphatic rings. The second kappa shape index (κ2) is 5.46. The van der Waals surface area contributed by atoms with Gasteiger partial charge in [0, 0.05) is 13.3 Å². The van der Waals surface area contributed by atoms with Crippen LogP contribution in [0.2, 0.25) is 0 Å². The Bertz CT molecular complexity index is 531. The molecular weight excluding hydrogens is 234 g/mol. The lowest BCUT2D eigenvalue weighted by atomic mass is 10.5. The predicted molar refractivity (Wildman–Crippen MR) is 64.8 cm³/mol. The molecule has 0 aliphatic heterocycles. The van der Waals surface area contributed by atoms with Gasteiger partial charge < -0.3 is 10.1 Å². The van der Waals surface area contributed by atoms with Crippen molar-refractivity contribution in [1.29, 1.82) is 0 Å². The van der Waals surface area contributed by atoms with Gasteiger partial charge in [-0.05, 0) is 13.0 Å². The average Bonchev–Trinajstić information content (AvgIpc) is 2.89. The first-order valence-electron chi connectivity index (χ1n) is 5.48. The number of aryl methyl sites for hydroxylation is 1. The number of methoxy groups -OCH3 is 1. The highest BCUT2D eigenvalue weighted by atomic mass is 16.5. The molecule has 0 saturated carbocycles. The molecule has 1 N–H and O–H groups in total. The number of carbonyl (C=O) groups is 1. The van der Waals surface area contributed by atoms with E-state index in [1.54, 1.807) is 35.1 Å². The third kappa shape index (κ3) is 3.17. The van der Waals surface area contributed by atoms with Crippen LogP contribution in [-0.2, 0) is 22.8 Å². The van der Waals surface area contributed by atoms with Gasteiger partial charge in [-0.15, -0.1) is 0 Å². The van der Waals surface area contributed by atoms with Crippen molar-refractivity contribution < 1.29 is 9.53 Å². The maximum atomic E-state index is 11.7. The Kier molecular flexibility index (Phi) is 3.73. The summed E-state index contributed by atoms with van der Waals surface area (Å²) < 4.78 is 8.10. The summed E-state index contributed by atoms with van der Waals surface area (Å²) in [6, 6.07) is 1.85. The number of aromatic nitrogens is 4. The van der Waals surface area contributed by atoms with Gasteiger partial charge in [-0.25, -0.2) is 4.68 Å². The smallest absolute Gasteiger partial charge is 0.246 e. The van der Waals surface area contributed by atoms with Crippen molar-refractivity contribution in [3.63, 3.8) is 0 Å². The van der Waals surface area contributed by atoms with Gasteiger partial charge in [0.2, 0.25) is 5.91 Å². The van der Waals surface area contributed by atoms with Crippen molar-refractivity contribution in [3.8, 4) is 0 Å². The van der Waals surface area contributed by atoms with Crippen LogP contribution in [0.5, 0.6) is 0 Å². The number of carbonyl (C=O) groups excluding carboxylic acids is 1. The Morgan fingerprint density at radius 3 is 3.00 bits per heavy atom. The number of nitrogens with zero attached hydrogens (tertiary/aromatic N) is 4. The molecule has 0 spiro atoms. The number of anilines is 1. The molecule has 2 heterocycles. The molecule has 0 aromatic carbocycles. The Labute approximate surface area is 104 Å². The van der Waals surface area contributed by atoms with Gasteiger partial charge in [0.15, 0.2) is 0 Å². The highest BCUT2D eigenvalue weighted by Crippen LogP contribution is 2.05. The lowest BCUT2D eigenvalue weighted by Gasteiger charge is -2.02. The van der Waals surface area contributed by atoms with Crippen molar-refractivity contribution in [1.82, 2.24) is 19.6 Å². The van der Waals surface area contributed by atoms with Gasteiger partial charge in [-0.2, -0.15) is 10.2 Å². The van der Waals surface area contributed by atoms with E-state index in [-0.39, 0.29) is 12.5 Å². The Morgan fingerprint density at radius 1 is 1.50 bits per heavy atom. The quantitative estimate of drug-likeness (QED) is 0.843. The van der Waals surface area contributed by atoms with Crippen LogP contribution in [0.3, 0.4) is 0 Å². The van der Waals surface area contributed by atoms with Gasteiger partial charge in [0.05, 0.1) is 23.8 Å². The van der Waals surface area contributed by atoms with Crippen LogP contribution in [0, 0.1) is 6.92 Å². The fourth-order valence-corrected chi connectivity index (χ4v) is 1.53. The van der Waals surface area contributed by atoms with Crippen LogP contribution in [0.1, 0.15) is 5.69 Å². The molecule has 0 atom stereocenters. The van der Waals surface area contributed by atoms with Crippen LogP contribution in [0.4, 0.5) is 5.69 Å². The van der Waals surface area contributed by atoms with Gasteiger partial charge in [-0.3, -0.25) is 9.48 Å². The van der Waals surface area contributed by atoms with E-state index >= 15 is 0 Å². The van der Waals surface area contributed by atoms with Gasteiger partial charge >= 0.3 is 0 Å². The zero-order valence-corrected chi connectivity index (χ0v) is 10.3. The van der Waals surface area contributed by atoms with Gasteiger partial charge in [0.1, 0.15) is 13.3 Å². The monoisotopic (exact) mass is 249 g/mol. The van der Waals surface area contributed by atoms with Gasteiger partial charge in [0.25, 0.3) is 0 Å². The minimum Gasteiger partial charge on any atom is -0.362 e. The molecule has 1 amide bonds. The number of nitrogens with one attached hydrogen (secondary N) is 1. The molecule has 7 heteroatoms. The zero-order valence-electron chi connectivity index (χ0n) is 10.3. The second-order valence-corrected chi connectivity index (χ2v) is 3.89.